The third-order valence-corrected chi connectivity index (χ3v) is 3.67. The summed E-state index contributed by atoms with van der Waals surface area (Å²) in [5, 5.41) is 0.942. The van der Waals surface area contributed by atoms with Crippen LogP contribution in [0.2, 0.25) is 0 Å². The predicted molar refractivity (Wildman–Crippen MR) is 87.1 cm³/mol. The van der Waals surface area contributed by atoms with E-state index in [1.54, 1.807) is 12.3 Å². The van der Waals surface area contributed by atoms with Crippen LogP contribution in [-0.4, -0.2) is 21.6 Å². The van der Waals surface area contributed by atoms with Crippen LogP contribution in [0.3, 0.4) is 0 Å². The van der Waals surface area contributed by atoms with E-state index in [4.69, 9.17) is 15.2 Å². The number of rotatable bonds is 4. The lowest BCUT2D eigenvalue weighted by Gasteiger charge is -2.11. The second kappa shape index (κ2) is 6.15. The second-order valence-corrected chi connectivity index (χ2v) is 5.23. The van der Waals surface area contributed by atoms with Crippen LogP contribution in [0.15, 0.2) is 41.3 Å². The number of halogens is 1. The zero-order valence-electron chi connectivity index (χ0n) is 11.8. The molecular formula is C15H13BrN4O2. The number of aromatic nitrogens is 3. The molecule has 0 aliphatic rings. The molecule has 1 aromatic carbocycles. The monoisotopic (exact) mass is 360 g/mol. The highest BCUT2D eigenvalue weighted by Crippen LogP contribution is 2.35. The Balaban J connectivity index is 2.04. The van der Waals surface area contributed by atoms with Gasteiger partial charge in [0.05, 0.1) is 6.61 Å². The first kappa shape index (κ1) is 14.5. The fourth-order valence-corrected chi connectivity index (χ4v) is 2.45. The number of nitrogens with two attached hydrogens (primary N) is 1. The summed E-state index contributed by atoms with van der Waals surface area (Å²) in [6.45, 7) is 2.32. The largest absolute Gasteiger partial charge is 0.476 e. The van der Waals surface area contributed by atoms with Crippen molar-refractivity contribution in [3.05, 3.63) is 41.3 Å². The number of ether oxygens (including phenoxy) is 2. The van der Waals surface area contributed by atoms with E-state index in [1.807, 2.05) is 25.1 Å². The van der Waals surface area contributed by atoms with Gasteiger partial charge in [0.15, 0.2) is 11.4 Å². The quantitative estimate of drug-likeness (QED) is 0.765. The fourth-order valence-electron chi connectivity index (χ4n) is 2.00. The number of hydrogen-bond acceptors (Lipinski definition) is 6. The van der Waals surface area contributed by atoms with Crippen molar-refractivity contribution in [2.45, 2.75) is 6.92 Å². The molecule has 3 rings (SSSR count). The lowest BCUT2D eigenvalue weighted by Crippen LogP contribution is -2.03. The molecule has 3 aromatic rings. The van der Waals surface area contributed by atoms with Gasteiger partial charge in [0.25, 0.3) is 0 Å². The van der Waals surface area contributed by atoms with Gasteiger partial charge >= 0.3 is 0 Å². The molecule has 6 nitrogen and oxygen atoms in total. The first-order valence-corrected chi connectivity index (χ1v) is 7.44. The number of nitrogen functional groups attached to an aromatic ring is 1. The van der Waals surface area contributed by atoms with Crippen LogP contribution in [0.5, 0.6) is 17.5 Å². The first-order valence-electron chi connectivity index (χ1n) is 6.65. The Kier molecular flexibility index (Phi) is 4.06. The van der Waals surface area contributed by atoms with E-state index in [1.165, 1.54) is 6.33 Å². The van der Waals surface area contributed by atoms with Crippen LogP contribution in [0.4, 0.5) is 5.69 Å². The molecule has 0 aliphatic heterocycles. The molecule has 22 heavy (non-hydrogen) atoms. The molecule has 0 spiro atoms. The van der Waals surface area contributed by atoms with Crippen LogP contribution >= 0.6 is 15.9 Å². The standard InChI is InChI=1S/C15H13BrN4O2/c1-2-21-14-12(17)15(20-8-19-14)22-11-6-5-10(16)9-4-3-7-18-13(9)11/h3-8H,2,17H2,1H3. The molecular weight excluding hydrogens is 348 g/mol. The summed E-state index contributed by atoms with van der Waals surface area (Å²) in [5.74, 6) is 1.11. The maximum absolute atomic E-state index is 5.99. The zero-order chi connectivity index (χ0) is 15.5. The molecule has 2 N–H and O–H groups in total. The van der Waals surface area contributed by atoms with Crippen molar-refractivity contribution in [1.82, 2.24) is 15.0 Å². The molecule has 2 aromatic heterocycles. The lowest BCUT2D eigenvalue weighted by atomic mass is 10.2. The Morgan fingerprint density at radius 2 is 1.95 bits per heavy atom. The molecule has 0 fully saturated rings. The molecule has 0 unspecified atom stereocenters. The molecule has 0 atom stereocenters. The molecule has 7 heteroatoms. The van der Waals surface area contributed by atoms with Crippen molar-refractivity contribution in [3.8, 4) is 17.5 Å². The maximum Gasteiger partial charge on any atom is 0.249 e. The van der Waals surface area contributed by atoms with Crippen LogP contribution in [0.25, 0.3) is 10.9 Å². The van der Waals surface area contributed by atoms with E-state index in [0.29, 0.717) is 23.8 Å². The summed E-state index contributed by atoms with van der Waals surface area (Å²) >= 11 is 3.50. The fraction of sp³-hybridized carbons (Fsp3) is 0.133. The van der Waals surface area contributed by atoms with Gasteiger partial charge < -0.3 is 15.2 Å². The van der Waals surface area contributed by atoms with Crippen molar-refractivity contribution >= 4 is 32.5 Å². The van der Waals surface area contributed by atoms with Crippen molar-refractivity contribution in [1.29, 1.82) is 0 Å². The average Bonchev–Trinajstić information content (AvgIpc) is 2.54. The van der Waals surface area contributed by atoms with Crippen LogP contribution in [0.1, 0.15) is 6.92 Å². The van der Waals surface area contributed by atoms with Gasteiger partial charge in [0, 0.05) is 16.1 Å². The maximum atomic E-state index is 5.99. The topological polar surface area (TPSA) is 83.2 Å². The minimum absolute atomic E-state index is 0.243. The van der Waals surface area contributed by atoms with Crippen LogP contribution < -0.4 is 15.2 Å². The van der Waals surface area contributed by atoms with Crippen LogP contribution in [0, 0.1) is 0 Å². The Labute approximate surface area is 135 Å². The van der Waals surface area contributed by atoms with Gasteiger partial charge in [-0.3, -0.25) is 4.98 Å². The molecule has 0 radical (unpaired) electrons. The van der Waals surface area contributed by atoms with Crippen molar-refractivity contribution in [2.24, 2.45) is 0 Å². The smallest absolute Gasteiger partial charge is 0.249 e. The Bertz CT molecular complexity index is 826. The molecule has 2 heterocycles. The SMILES string of the molecule is CCOc1ncnc(Oc2ccc(Br)c3cccnc23)c1N. The van der Waals surface area contributed by atoms with Gasteiger partial charge in [-0.15, -0.1) is 0 Å². The van der Waals surface area contributed by atoms with E-state index in [2.05, 4.69) is 30.9 Å². The summed E-state index contributed by atoms with van der Waals surface area (Å²) in [7, 11) is 0. The zero-order valence-corrected chi connectivity index (χ0v) is 13.4. The van der Waals surface area contributed by atoms with Gasteiger partial charge in [0.2, 0.25) is 11.8 Å². The average molecular weight is 361 g/mol. The van der Waals surface area contributed by atoms with Gasteiger partial charge in [-0.1, -0.05) is 22.0 Å². The minimum atomic E-state index is 0.243. The number of nitrogens with zero attached hydrogens (tertiary/aromatic N) is 3. The highest BCUT2D eigenvalue weighted by molar-refractivity contribution is 9.10. The van der Waals surface area contributed by atoms with Gasteiger partial charge in [-0.25, -0.2) is 0 Å². The second-order valence-electron chi connectivity index (χ2n) is 4.38. The lowest BCUT2D eigenvalue weighted by molar-refractivity contribution is 0.325. The van der Waals surface area contributed by atoms with Crippen LogP contribution in [-0.2, 0) is 0 Å². The first-order chi connectivity index (χ1) is 10.7. The summed E-state index contributed by atoms with van der Waals surface area (Å²) < 4.78 is 12.1. The predicted octanol–water partition coefficient (Wildman–Crippen LogP) is 3.56. The number of pyridine rings is 1. The number of anilines is 1. The number of benzene rings is 1. The van der Waals surface area contributed by atoms with Gasteiger partial charge in [0.1, 0.15) is 11.8 Å². The normalized spacial score (nSPS) is 10.6. The van der Waals surface area contributed by atoms with Crippen molar-refractivity contribution in [2.75, 3.05) is 12.3 Å². The minimum Gasteiger partial charge on any atom is -0.476 e. The highest BCUT2D eigenvalue weighted by atomic mass is 79.9. The van der Waals surface area contributed by atoms with E-state index < -0.39 is 0 Å². The highest BCUT2D eigenvalue weighted by Gasteiger charge is 2.14. The molecule has 0 amide bonds. The summed E-state index contributed by atoms with van der Waals surface area (Å²) in [5.41, 5.74) is 6.96. The Morgan fingerprint density at radius 1 is 1.14 bits per heavy atom. The molecule has 0 bridgehead atoms. The molecule has 112 valence electrons. The Morgan fingerprint density at radius 3 is 2.77 bits per heavy atom. The van der Waals surface area contributed by atoms with Crippen molar-refractivity contribution in [3.63, 3.8) is 0 Å². The van der Waals surface area contributed by atoms with Gasteiger partial charge in [-0.05, 0) is 25.1 Å². The number of hydrogen-bond donors (Lipinski definition) is 1. The Hall–Kier alpha value is -2.41. The van der Waals surface area contributed by atoms with E-state index in [-0.39, 0.29) is 11.6 Å². The summed E-state index contributed by atoms with van der Waals surface area (Å²) in [6.07, 6.45) is 3.06. The number of fused-ring (bicyclic) bond motifs is 1. The molecule has 0 saturated heterocycles. The van der Waals surface area contributed by atoms with E-state index in [0.717, 1.165) is 9.86 Å². The third kappa shape index (κ3) is 2.67. The van der Waals surface area contributed by atoms with Crippen molar-refractivity contribution < 1.29 is 9.47 Å². The third-order valence-electron chi connectivity index (χ3n) is 2.98. The van der Waals surface area contributed by atoms with Gasteiger partial charge in [-0.2, -0.15) is 9.97 Å². The summed E-state index contributed by atoms with van der Waals surface area (Å²) in [4.78, 5) is 12.4. The summed E-state index contributed by atoms with van der Waals surface area (Å²) in [6, 6.07) is 7.51. The van der Waals surface area contributed by atoms with E-state index >= 15 is 0 Å². The van der Waals surface area contributed by atoms with E-state index in [9.17, 15) is 0 Å². The molecule has 0 saturated carbocycles. The molecule has 0 aliphatic carbocycles.